The van der Waals surface area contributed by atoms with Gasteiger partial charge in [-0.15, -0.1) is 0 Å². The molecule has 1 heterocycles. The maximum atomic E-state index is 12.1. The first kappa shape index (κ1) is 13.5. The van der Waals surface area contributed by atoms with Crippen LogP contribution in [0.15, 0.2) is 11.2 Å². The van der Waals surface area contributed by atoms with Gasteiger partial charge < -0.3 is 5.11 Å². The minimum atomic E-state index is -3.60. The molecule has 0 atom stereocenters. The molecule has 0 unspecified atom stereocenters. The van der Waals surface area contributed by atoms with Gasteiger partial charge in [0, 0.05) is 12.1 Å². The van der Waals surface area contributed by atoms with Crippen LogP contribution < -0.4 is 4.72 Å². The lowest BCUT2D eigenvalue weighted by Gasteiger charge is -2.14. The van der Waals surface area contributed by atoms with E-state index >= 15 is 0 Å². The molecule has 0 spiro atoms. The van der Waals surface area contributed by atoms with Crippen molar-refractivity contribution in [1.29, 1.82) is 0 Å². The number of hydrogen-bond donors (Lipinski definition) is 3. The molecule has 0 bridgehead atoms. The summed E-state index contributed by atoms with van der Waals surface area (Å²) in [6.07, 6.45) is 5.60. The first-order valence-corrected chi connectivity index (χ1v) is 7.64. The molecule has 0 aliphatic heterocycles. The van der Waals surface area contributed by atoms with Crippen LogP contribution in [-0.4, -0.2) is 30.3 Å². The van der Waals surface area contributed by atoms with E-state index in [9.17, 15) is 8.42 Å². The second kappa shape index (κ2) is 4.99. The Labute approximate surface area is 107 Å². The maximum Gasteiger partial charge on any atom is 0.257 e. The predicted octanol–water partition coefficient (Wildman–Crippen LogP) is 0.761. The van der Waals surface area contributed by atoms with Gasteiger partial charge in [0.15, 0.2) is 5.03 Å². The first-order chi connectivity index (χ1) is 8.53. The highest BCUT2D eigenvalue weighted by atomic mass is 32.2. The topological polar surface area (TPSA) is 95.1 Å². The summed E-state index contributed by atoms with van der Waals surface area (Å²) in [4.78, 5) is 0. The van der Waals surface area contributed by atoms with E-state index in [-0.39, 0.29) is 17.0 Å². The van der Waals surface area contributed by atoms with Crippen LogP contribution in [0.1, 0.15) is 38.2 Å². The molecule has 1 aromatic rings. The molecule has 1 aliphatic carbocycles. The highest BCUT2D eigenvalue weighted by Crippen LogP contribution is 2.49. The Morgan fingerprint density at radius 2 is 2.28 bits per heavy atom. The van der Waals surface area contributed by atoms with Gasteiger partial charge in [0.1, 0.15) is 0 Å². The van der Waals surface area contributed by atoms with E-state index in [1.54, 1.807) is 0 Å². The van der Waals surface area contributed by atoms with Crippen LogP contribution in [0.4, 0.5) is 0 Å². The zero-order chi connectivity index (χ0) is 13.2. The van der Waals surface area contributed by atoms with Crippen LogP contribution in [-0.2, 0) is 16.6 Å². The van der Waals surface area contributed by atoms with E-state index in [1.165, 1.54) is 6.20 Å². The highest BCUT2D eigenvalue weighted by Gasteiger charge is 2.42. The molecule has 1 aliphatic rings. The molecule has 7 heteroatoms. The predicted molar refractivity (Wildman–Crippen MR) is 66.3 cm³/mol. The largest absolute Gasteiger partial charge is 0.392 e. The van der Waals surface area contributed by atoms with Gasteiger partial charge in [0.05, 0.1) is 12.8 Å². The number of aliphatic hydroxyl groups excluding tert-OH is 1. The summed E-state index contributed by atoms with van der Waals surface area (Å²) in [6.45, 7) is 2.23. The molecule has 0 aromatic carbocycles. The number of sulfonamides is 1. The van der Waals surface area contributed by atoms with E-state index < -0.39 is 10.0 Å². The van der Waals surface area contributed by atoms with Crippen molar-refractivity contribution in [2.45, 2.75) is 44.2 Å². The summed E-state index contributed by atoms with van der Waals surface area (Å²) in [7, 11) is -3.60. The lowest BCUT2D eigenvalue weighted by Crippen LogP contribution is -2.31. The number of rotatable bonds is 7. The Hall–Kier alpha value is -0.920. The standard InChI is InChI=1S/C11H19N3O3S/c1-2-3-11(4-5-11)8-13-18(16,17)10-9(7-15)6-12-14-10/h6,13,15H,2-5,7-8H2,1H3,(H,12,14). The summed E-state index contributed by atoms with van der Waals surface area (Å²) in [5.41, 5.74) is 0.448. The SMILES string of the molecule is CCCC1(CNS(=O)(=O)c2[nH]ncc2CO)CC1. The van der Waals surface area contributed by atoms with Gasteiger partial charge in [-0.05, 0) is 24.7 Å². The van der Waals surface area contributed by atoms with Crippen molar-refractivity contribution in [3.05, 3.63) is 11.8 Å². The fourth-order valence-corrected chi connectivity index (χ4v) is 3.46. The minimum absolute atomic E-state index is 0.0303. The summed E-state index contributed by atoms with van der Waals surface area (Å²) in [6, 6.07) is 0. The van der Waals surface area contributed by atoms with E-state index in [4.69, 9.17) is 5.11 Å². The van der Waals surface area contributed by atoms with Crippen molar-refractivity contribution in [3.8, 4) is 0 Å². The second-order valence-corrected chi connectivity index (χ2v) is 6.66. The Balaban J connectivity index is 2.04. The molecule has 3 N–H and O–H groups in total. The molecular weight excluding hydrogens is 254 g/mol. The van der Waals surface area contributed by atoms with Crippen molar-refractivity contribution in [1.82, 2.24) is 14.9 Å². The molecule has 1 aromatic heterocycles. The zero-order valence-electron chi connectivity index (χ0n) is 10.4. The first-order valence-electron chi connectivity index (χ1n) is 6.16. The van der Waals surface area contributed by atoms with Gasteiger partial charge >= 0.3 is 0 Å². The van der Waals surface area contributed by atoms with Gasteiger partial charge in [-0.1, -0.05) is 13.3 Å². The molecule has 6 nitrogen and oxygen atoms in total. The van der Waals surface area contributed by atoms with Crippen LogP contribution >= 0.6 is 0 Å². The minimum Gasteiger partial charge on any atom is -0.392 e. The number of nitrogens with zero attached hydrogens (tertiary/aromatic N) is 1. The molecule has 1 saturated carbocycles. The Morgan fingerprint density at radius 3 is 2.83 bits per heavy atom. The number of aliphatic hydroxyl groups is 1. The normalized spacial score (nSPS) is 17.9. The van der Waals surface area contributed by atoms with Crippen molar-refractivity contribution >= 4 is 10.0 Å². The third-order valence-corrected chi connectivity index (χ3v) is 4.91. The van der Waals surface area contributed by atoms with Gasteiger partial charge in [-0.2, -0.15) is 5.10 Å². The van der Waals surface area contributed by atoms with Crippen LogP contribution in [0.2, 0.25) is 0 Å². The number of H-pyrrole nitrogens is 1. The molecule has 0 saturated heterocycles. The van der Waals surface area contributed by atoms with E-state index in [1.807, 2.05) is 0 Å². The fourth-order valence-electron chi connectivity index (χ4n) is 2.19. The molecule has 1 fully saturated rings. The van der Waals surface area contributed by atoms with E-state index in [2.05, 4.69) is 21.8 Å². The quantitative estimate of drug-likeness (QED) is 0.683. The Bertz CT molecular complexity index is 505. The smallest absolute Gasteiger partial charge is 0.257 e. The van der Waals surface area contributed by atoms with Crippen LogP contribution in [0.25, 0.3) is 0 Å². The molecular formula is C11H19N3O3S. The summed E-state index contributed by atoms with van der Waals surface area (Å²) in [5.74, 6) is 0. The van der Waals surface area contributed by atoms with Gasteiger partial charge in [-0.3, -0.25) is 5.10 Å². The lowest BCUT2D eigenvalue weighted by molar-refractivity contribution is 0.278. The molecule has 102 valence electrons. The third-order valence-electron chi connectivity index (χ3n) is 3.49. The molecule has 2 rings (SSSR count). The van der Waals surface area contributed by atoms with Gasteiger partial charge in [-0.25, -0.2) is 13.1 Å². The van der Waals surface area contributed by atoms with Crippen LogP contribution in [0.3, 0.4) is 0 Å². The Kier molecular flexibility index (Phi) is 3.74. The summed E-state index contributed by atoms with van der Waals surface area (Å²) < 4.78 is 26.7. The van der Waals surface area contributed by atoms with Crippen molar-refractivity contribution in [2.75, 3.05) is 6.54 Å². The molecule has 0 amide bonds. The molecule has 18 heavy (non-hydrogen) atoms. The molecule has 0 radical (unpaired) electrons. The monoisotopic (exact) mass is 273 g/mol. The van der Waals surface area contributed by atoms with E-state index in [0.717, 1.165) is 25.7 Å². The number of nitrogens with one attached hydrogen (secondary N) is 2. The number of aromatic nitrogens is 2. The number of aromatic amines is 1. The summed E-state index contributed by atoms with van der Waals surface area (Å²) >= 11 is 0. The van der Waals surface area contributed by atoms with Gasteiger partial charge in [0.2, 0.25) is 0 Å². The van der Waals surface area contributed by atoms with Gasteiger partial charge in [0.25, 0.3) is 10.0 Å². The van der Waals surface area contributed by atoms with Crippen LogP contribution in [0, 0.1) is 5.41 Å². The number of hydrogen-bond acceptors (Lipinski definition) is 4. The highest BCUT2D eigenvalue weighted by molar-refractivity contribution is 7.89. The third kappa shape index (κ3) is 2.73. The Morgan fingerprint density at radius 1 is 1.56 bits per heavy atom. The summed E-state index contributed by atoms with van der Waals surface area (Å²) in [5, 5.41) is 15.1. The van der Waals surface area contributed by atoms with Crippen LogP contribution in [0.5, 0.6) is 0 Å². The lowest BCUT2D eigenvalue weighted by atomic mass is 10.0. The maximum absolute atomic E-state index is 12.1. The average molecular weight is 273 g/mol. The van der Waals surface area contributed by atoms with E-state index in [0.29, 0.717) is 12.1 Å². The zero-order valence-corrected chi connectivity index (χ0v) is 11.3. The average Bonchev–Trinajstić information content (AvgIpc) is 2.93. The second-order valence-electron chi connectivity index (χ2n) is 4.96. The fraction of sp³-hybridized carbons (Fsp3) is 0.727. The van der Waals surface area contributed by atoms with Crippen molar-refractivity contribution < 1.29 is 13.5 Å². The van der Waals surface area contributed by atoms with Crippen molar-refractivity contribution in [2.24, 2.45) is 5.41 Å². The van der Waals surface area contributed by atoms with Crippen molar-refractivity contribution in [3.63, 3.8) is 0 Å².